The molecule has 0 unspecified atom stereocenters. The maximum absolute atomic E-state index is 4.74. The number of hydrogen-bond acceptors (Lipinski definition) is 3. The lowest BCUT2D eigenvalue weighted by Gasteiger charge is -2.08. The molecule has 1 heterocycles. The molecular weight excluding hydrogens is 342 g/mol. The molecule has 4 aromatic rings. The van der Waals surface area contributed by atoms with Crippen LogP contribution in [0.2, 0.25) is 0 Å². The largest absolute Gasteiger partial charge is 0.208 e. The molecule has 4 rings (SSSR count). The first kappa shape index (κ1) is 19.4. The van der Waals surface area contributed by atoms with Crippen LogP contribution in [0.3, 0.4) is 0 Å². The van der Waals surface area contributed by atoms with E-state index in [2.05, 4.69) is 62.4 Å². The van der Waals surface area contributed by atoms with E-state index in [0.29, 0.717) is 17.5 Å². The van der Waals surface area contributed by atoms with Crippen molar-refractivity contribution < 1.29 is 0 Å². The van der Waals surface area contributed by atoms with Crippen molar-refractivity contribution in [2.75, 3.05) is 0 Å². The van der Waals surface area contributed by atoms with Gasteiger partial charge in [-0.05, 0) is 13.8 Å². The summed E-state index contributed by atoms with van der Waals surface area (Å²) in [5.41, 5.74) is 5.39. The van der Waals surface area contributed by atoms with Crippen LogP contribution in [0.5, 0.6) is 0 Å². The molecule has 0 aliphatic carbocycles. The highest BCUT2D eigenvalue weighted by Gasteiger charge is 2.11. The van der Waals surface area contributed by atoms with Crippen LogP contribution in [0.15, 0.2) is 78.9 Å². The Morgan fingerprint density at radius 3 is 1.11 bits per heavy atom. The molecule has 0 fully saturated rings. The van der Waals surface area contributed by atoms with Gasteiger partial charge in [0.05, 0.1) is 0 Å². The highest BCUT2D eigenvalue weighted by Crippen LogP contribution is 2.24. The third-order valence-corrected chi connectivity index (χ3v) is 4.29. The Balaban J connectivity index is 0.00000109. The minimum atomic E-state index is 0.687. The van der Waals surface area contributed by atoms with Gasteiger partial charge in [0, 0.05) is 16.7 Å². The number of nitrogens with zero attached hydrogens (tertiary/aromatic N) is 3. The lowest BCUT2D eigenvalue weighted by molar-refractivity contribution is 1.07. The van der Waals surface area contributed by atoms with E-state index in [9.17, 15) is 0 Å². The predicted molar refractivity (Wildman–Crippen MR) is 117 cm³/mol. The second kappa shape index (κ2) is 9.05. The number of benzene rings is 3. The molecular formula is C25H25N3. The molecule has 3 heteroatoms. The van der Waals surface area contributed by atoms with Gasteiger partial charge >= 0.3 is 0 Å². The van der Waals surface area contributed by atoms with Gasteiger partial charge in [-0.15, -0.1) is 0 Å². The van der Waals surface area contributed by atoms with E-state index in [1.165, 1.54) is 11.1 Å². The Morgan fingerprint density at radius 1 is 0.429 bits per heavy atom. The Kier molecular flexibility index (Phi) is 6.28. The molecule has 140 valence electrons. The fourth-order valence-corrected chi connectivity index (χ4v) is 2.76. The number of rotatable bonds is 3. The van der Waals surface area contributed by atoms with E-state index in [1.807, 2.05) is 44.2 Å². The molecule has 0 aliphatic rings. The van der Waals surface area contributed by atoms with Gasteiger partial charge < -0.3 is 0 Å². The fourth-order valence-electron chi connectivity index (χ4n) is 2.76. The normalized spacial score (nSPS) is 10.1. The van der Waals surface area contributed by atoms with Crippen LogP contribution in [0.4, 0.5) is 0 Å². The van der Waals surface area contributed by atoms with Crippen LogP contribution in [-0.4, -0.2) is 15.0 Å². The quantitative estimate of drug-likeness (QED) is 0.414. The SMILES string of the molecule is CC.Cc1ccc(-c2nc(-c3ccccc3)nc(-c3ccc(C)cc3)n2)cc1. The smallest absolute Gasteiger partial charge is 0.164 e. The average molecular weight is 367 g/mol. The van der Waals surface area contributed by atoms with Crippen molar-refractivity contribution in [3.63, 3.8) is 0 Å². The molecule has 3 nitrogen and oxygen atoms in total. The van der Waals surface area contributed by atoms with Crippen molar-refractivity contribution in [3.8, 4) is 34.2 Å². The minimum absolute atomic E-state index is 0.687. The maximum atomic E-state index is 4.74. The summed E-state index contributed by atoms with van der Waals surface area (Å²) < 4.78 is 0. The van der Waals surface area contributed by atoms with Crippen LogP contribution in [0.1, 0.15) is 25.0 Å². The molecule has 28 heavy (non-hydrogen) atoms. The zero-order valence-corrected chi connectivity index (χ0v) is 16.8. The molecule has 0 saturated heterocycles. The van der Waals surface area contributed by atoms with Crippen LogP contribution < -0.4 is 0 Å². The summed E-state index contributed by atoms with van der Waals surface area (Å²) in [6.45, 7) is 8.15. The molecule has 0 aliphatic heterocycles. The zero-order valence-electron chi connectivity index (χ0n) is 16.8. The summed E-state index contributed by atoms with van der Waals surface area (Å²) in [6, 6.07) is 26.5. The lowest BCUT2D eigenvalue weighted by atomic mass is 10.1. The van der Waals surface area contributed by atoms with Crippen molar-refractivity contribution in [1.29, 1.82) is 0 Å². The van der Waals surface area contributed by atoms with Crippen LogP contribution in [0, 0.1) is 13.8 Å². The highest BCUT2D eigenvalue weighted by atomic mass is 15.0. The Labute approximate surface area is 167 Å². The van der Waals surface area contributed by atoms with Gasteiger partial charge in [-0.3, -0.25) is 0 Å². The van der Waals surface area contributed by atoms with E-state index < -0.39 is 0 Å². The Bertz CT molecular complexity index is 958. The minimum Gasteiger partial charge on any atom is -0.208 e. The van der Waals surface area contributed by atoms with Crippen LogP contribution in [-0.2, 0) is 0 Å². The molecule has 0 saturated carbocycles. The highest BCUT2D eigenvalue weighted by molar-refractivity contribution is 5.66. The van der Waals surface area contributed by atoms with Crippen molar-refractivity contribution >= 4 is 0 Å². The third-order valence-electron chi connectivity index (χ3n) is 4.29. The molecule has 3 aromatic carbocycles. The van der Waals surface area contributed by atoms with Crippen molar-refractivity contribution in [2.45, 2.75) is 27.7 Å². The first-order chi connectivity index (χ1) is 13.7. The number of aromatic nitrogens is 3. The van der Waals surface area contributed by atoms with Gasteiger partial charge in [0.15, 0.2) is 17.5 Å². The average Bonchev–Trinajstić information content (AvgIpc) is 2.76. The maximum Gasteiger partial charge on any atom is 0.164 e. The van der Waals surface area contributed by atoms with Crippen LogP contribution >= 0.6 is 0 Å². The molecule has 0 spiro atoms. The monoisotopic (exact) mass is 367 g/mol. The summed E-state index contributed by atoms with van der Waals surface area (Å²) >= 11 is 0. The summed E-state index contributed by atoms with van der Waals surface area (Å²) in [5.74, 6) is 2.07. The third kappa shape index (κ3) is 4.49. The summed E-state index contributed by atoms with van der Waals surface area (Å²) in [5, 5.41) is 0. The van der Waals surface area contributed by atoms with Gasteiger partial charge in [0.2, 0.25) is 0 Å². The predicted octanol–water partition coefficient (Wildman–Crippen LogP) is 6.52. The topological polar surface area (TPSA) is 38.7 Å². The van der Waals surface area contributed by atoms with Crippen LogP contribution in [0.25, 0.3) is 34.2 Å². The Morgan fingerprint density at radius 2 is 0.750 bits per heavy atom. The van der Waals surface area contributed by atoms with Gasteiger partial charge in [-0.2, -0.15) is 0 Å². The molecule has 1 aromatic heterocycles. The zero-order chi connectivity index (χ0) is 19.9. The van der Waals surface area contributed by atoms with Gasteiger partial charge in [-0.1, -0.05) is 104 Å². The first-order valence-corrected chi connectivity index (χ1v) is 9.65. The lowest BCUT2D eigenvalue weighted by Crippen LogP contribution is -2.00. The first-order valence-electron chi connectivity index (χ1n) is 9.65. The van der Waals surface area contributed by atoms with E-state index in [1.54, 1.807) is 0 Å². The fraction of sp³-hybridized carbons (Fsp3) is 0.160. The molecule has 0 amide bonds. The summed E-state index contributed by atoms with van der Waals surface area (Å²) in [4.78, 5) is 14.2. The van der Waals surface area contributed by atoms with E-state index >= 15 is 0 Å². The second-order valence-electron chi connectivity index (χ2n) is 6.40. The number of aryl methyl sites for hydroxylation is 2. The van der Waals surface area contributed by atoms with Gasteiger partial charge in [0.25, 0.3) is 0 Å². The van der Waals surface area contributed by atoms with E-state index in [0.717, 1.165) is 16.7 Å². The van der Waals surface area contributed by atoms with Gasteiger partial charge in [-0.25, -0.2) is 15.0 Å². The van der Waals surface area contributed by atoms with Crippen molar-refractivity contribution in [1.82, 2.24) is 15.0 Å². The molecule has 0 radical (unpaired) electrons. The van der Waals surface area contributed by atoms with Gasteiger partial charge in [0.1, 0.15) is 0 Å². The molecule has 0 N–H and O–H groups in total. The van der Waals surface area contributed by atoms with E-state index in [-0.39, 0.29) is 0 Å². The second-order valence-corrected chi connectivity index (χ2v) is 6.40. The molecule has 0 bridgehead atoms. The molecule has 0 atom stereocenters. The van der Waals surface area contributed by atoms with Crippen molar-refractivity contribution in [3.05, 3.63) is 90.0 Å². The summed E-state index contributed by atoms with van der Waals surface area (Å²) in [6.07, 6.45) is 0. The van der Waals surface area contributed by atoms with Crippen molar-refractivity contribution in [2.24, 2.45) is 0 Å². The standard InChI is InChI=1S/C23H19N3.C2H6/c1-16-8-12-19(13-9-16)22-24-21(18-6-4-3-5-7-18)25-23(26-22)20-14-10-17(2)11-15-20;1-2/h3-15H,1-2H3;1-2H3. The summed E-state index contributed by atoms with van der Waals surface area (Å²) in [7, 11) is 0. The van der Waals surface area contributed by atoms with E-state index in [4.69, 9.17) is 15.0 Å². The number of hydrogen-bond donors (Lipinski definition) is 0. The Hall–Kier alpha value is -3.33.